The van der Waals surface area contributed by atoms with Crippen LogP contribution in [0.5, 0.6) is 5.75 Å². The number of amides is 1. The molecule has 0 bridgehead atoms. The van der Waals surface area contributed by atoms with Gasteiger partial charge >= 0.3 is 11.7 Å². The summed E-state index contributed by atoms with van der Waals surface area (Å²) in [5.74, 6) is 0.865. The van der Waals surface area contributed by atoms with Gasteiger partial charge in [0.1, 0.15) is 34.4 Å². The molecule has 1 saturated heterocycles. The number of hydrogen-bond acceptors (Lipinski definition) is 6. The van der Waals surface area contributed by atoms with E-state index in [1.807, 2.05) is 39.8 Å². The van der Waals surface area contributed by atoms with Crippen molar-refractivity contribution in [2.45, 2.75) is 45.8 Å². The van der Waals surface area contributed by atoms with Crippen molar-refractivity contribution in [3.63, 3.8) is 0 Å². The molecule has 1 fully saturated rings. The van der Waals surface area contributed by atoms with Crippen LogP contribution < -0.4 is 10.4 Å². The fourth-order valence-electron chi connectivity index (χ4n) is 3.12. The van der Waals surface area contributed by atoms with Gasteiger partial charge in [0.25, 0.3) is 0 Å². The number of nitrogens with zero attached hydrogens (tertiary/aromatic N) is 1. The molecule has 2 heterocycles. The summed E-state index contributed by atoms with van der Waals surface area (Å²) in [7, 11) is 0. The van der Waals surface area contributed by atoms with E-state index in [0.29, 0.717) is 43.0 Å². The summed E-state index contributed by atoms with van der Waals surface area (Å²) >= 11 is 0. The summed E-state index contributed by atoms with van der Waals surface area (Å²) in [6.07, 6.45) is 0.216. The van der Waals surface area contributed by atoms with Gasteiger partial charge in [-0.1, -0.05) is 6.58 Å². The lowest BCUT2D eigenvalue weighted by molar-refractivity contribution is 0.0275. The second-order valence-corrected chi connectivity index (χ2v) is 7.96. The van der Waals surface area contributed by atoms with Crippen LogP contribution in [0.25, 0.3) is 16.7 Å². The Morgan fingerprint density at radius 3 is 2.76 bits per heavy atom. The van der Waals surface area contributed by atoms with Gasteiger partial charge in [-0.2, -0.15) is 0 Å². The SMILES string of the molecule is C=C(OCC)c1cc2ccc(OC3CCN(C(=O)OC(C)(C)C)C3)cc2oc1=O. The van der Waals surface area contributed by atoms with Crippen LogP contribution >= 0.6 is 0 Å². The van der Waals surface area contributed by atoms with E-state index in [0.717, 1.165) is 5.39 Å². The second-order valence-electron chi connectivity index (χ2n) is 7.96. The van der Waals surface area contributed by atoms with Crippen LogP contribution in [0.4, 0.5) is 4.79 Å². The number of fused-ring (bicyclic) bond motifs is 1. The van der Waals surface area contributed by atoms with Gasteiger partial charge in [-0.3, -0.25) is 0 Å². The van der Waals surface area contributed by atoms with Crippen LogP contribution in [0, 0.1) is 0 Å². The standard InChI is InChI=1S/C22H27NO6/c1-6-26-14(2)18-11-15-7-8-16(12-19(15)28-20(18)24)27-17-9-10-23(13-17)21(25)29-22(3,4)5/h7-8,11-12,17H,2,6,9-10,13H2,1,3-5H3. The lowest BCUT2D eigenvalue weighted by Gasteiger charge is -2.24. The maximum Gasteiger partial charge on any atom is 0.410 e. The first-order valence-corrected chi connectivity index (χ1v) is 9.71. The Morgan fingerprint density at radius 1 is 1.31 bits per heavy atom. The summed E-state index contributed by atoms with van der Waals surface area (Å²) in [5, 5.41) is 0.745. The first-order chi connectivity index (χ1) is 13.7. The van der Waals surface area contributed by atoms with Crippen LogP contribution in [-0.2, 0) is 9.47 Å². The first kappa shape index (κ1) is 20.8. The second kappa shape index (κ2) is 8.19. The van der Waals surface area contributed by atoms with Crippen LogP contribution in [-0.4, -0.2) is 42.4 Å². The van der Waals surface area contributed by atoms with Crippen molar-refractivity contribution >= 4 is 22.8 Å². The topological polar surface area (TPSA) is 78.2 Å². The minimum Gasteiger partial charge on any atom is -0.494 e. The highest BCUT2D eigenvalue weighted by molar-refractivity contribution is 5.81. The first-order valence-electron chi connectivity index (χ1n) is 9.71. The highest BCUT2D eigenvalue weighted by Gasteiger charge is 2.31. The van der Waals surface area contributed by atoms with E-state index in [1.165, 1.54) is 0 Å². The Labute approximate surface area is 169 Å². The molecule has 1 amide bonds. The predicted octanol–water partition coefficient (Wildman–Crippen LogP) is 4.19. The third kappa shape index (κ3) is 5.10. The van der Waals surface area contributed by atoms with E-state index in [2.05, 4.69) is 6.58 Å². The Bertz CT molecular complexity index is 971. The molecule has 0 saturated carbocycles. The molecule has 1 aromatic carbocycles. The number of carbonyl (C=O) groups excluding carboxylic acids is 1. The van der Waals surface area contributed by atoms with Crippen molar-refractivity contribution in [2.24, 2.45) is 0 Å². The molecule has 1 unspecified atom stereocenters. The van der Waals surface area contributed by atoms with Crippen LogP contribution in [0.2, 0.25) is 0 Å². The largest absolute Gasteiger partial charge is 0.494 e. The molecule has 0 N–H and O–H groups in total. The molecule has 1 aromatic heterocycles. The molecule has 7 heteroatoms. The Kier molecular flexibility index (Phi) is 5.86. The average molecular weight is 401 g/mol. The molecule has 0 spiro atoms. The smallest absolute Gasteiger partial charge is 0.410 e. The number of hydrogen-bond donors (Lipinski definition) is 0. The summed E-state index contributed by atoms with van der Waals surface area (Å²) in [4.78, 5) is 26.1. The van der Waals surface area contributed by atoms with Crippen molar-refractivity contribution < 1.29 is 23.4 Å². The fraction of sp³-hybridized carbons (Fsp3) is 0.455. The van der Waals surface area contributed by atoms with Crippen LogP contribution in [0.3, 0.4) is 0 Å². The molecule has 7 nitrogen and oxygen atoms in total. The quantitative estimate of drug-likeness (QED) is 0.552. The van der Waals surface area contributed by atoms with E-state index in [-0.39, 0.29) is 18.0 Å². The Hall–Kier alpha value is -2.96. The van der Waals surface area contributed by atoms with E-state index in [4.69, 9.17) is 18.6 Å². The third-order valence-corrected chi connectivity index (χ3v) is 4.43. The number of ether oxygens (including phenoxy) is 3. The lowest BCUT2D eigenvalue weighted by Crippen LogP contribution is -2.36. The number of likely N-dealkylation sites (tertiary alicyclic amines) is 1. The minimum absolute atomic E-state index is 0.149. The number of benzene rings is 1. The van der Waals surface area contributed by atoms with Gasteiger partial charge < -0.3 is 23.5 Å². The molecule has 3 rings (SSSR count). The van der Waals surface area contributed by atoms with Gasteiger partial charge in [0, 0.05) is 24.4 Å². The summed E-state index contributed by atoms with van der Waals surface area (Å²) in [6.45, 7) is 12.6. The molecule has 1 aliphatic rings. The Morgan fingerprint density at radius 2 is 2.07 bits per heavy atom. The van der Waals surface area contributed by atoms with Crippen molar-refractivity contribution in [2.75, 3.05) is 19.7 Å². The molecule has 156 valence electrons. The lowest BCUT2D eigenvalue weighted by atomic mass is 10.1. The summed E-state index contributed by atoms with van der Waals surface area (Å²) in [6, 6.07) is 7.01. The normalized spacial score (nSPS) is 16.7. The summed E-state index contributed by atoms with van der Waals surface area (Å²) < 4.78 is 22.1. The van der Waals surface area contributed by atoms with Gasteiger partial charge in [0.15, 0.2) is 0 Å². The maximum absolute atomic E-state index is 12.2. The highest BCUT2D eigenvalue weighted by Crippen LogP contribution is 2.25. The zero-order valence-corrected chi connectivity index (χ0v) is 17.3. The van der Waals surface area contributed by atoms with Gasteiger partial charge in [-0.25, -0.2) is 9.59 Å². The van der Waals surface area contributed by atoms with Crippen LogP contribution in [0.15, 0.2) is 40.1 Å². The molecule has 1 aliphatic heterocycles. The van der Waals surface area contributed by atoms with E-state index < -0.39 is 11.2 Å². The average Bonchev–Trinajstić information content (AvgIpc) is 3.08. The molecule has 29 heavy (non-hydrogen) atoms. The van der Waals surface area contributed by atoms with Gasteiger partial charge in [0.05, 0.1) is 13.2 Å². The van der Waals surface area contributed by atoms with E-state index >= 15 is 0 Å². The predicted molar refractivity (Wildman–Crippen MR) is 110 cm³/mol. The van der Waals surface area contributed by atoms with Crippen molar-refractivity contribution in [1.82, 2.24) is 4.90 Å². The van der Waals surface area contributed by atoms with Crippen LogP contribution in [0.1, 0.15) is 39.7 Å². The van der Waals surface area contributed by atoms with E-state index in [1.54, 1.807) is 17.0 Å². The monoisotopic (exact) mass is 401 g/mol. The van der Waals surface area contributed by atoms with Crippen molar-refractivity contribution in [3.8, 4) is 5.75 Å². The number of carbonyl (C=O) groups is 1. The van der Waals surface area contributed by atoms with Gasteiger partial charge in [-0.15, -0.1) is 0 Å². The fourth-order valence-corrected chi connectivity index (χ4v) is 3.12. The zero-order chi connectivity index (χ0) is 21.2. The molecule has 2 aromatic rings. The van der Waals surface area contributed by atoms with Gasteiger partial charge in [0.2, 0.25) is 0 Å². The van der Waals surface area contributed by atoms with E-state index in [9.17, 15) is 9.59 Å². The third-order valence-electron chi connectivity index (χ3n) is 4.43. The summed E-state index contributed by atoms with van der Waals surface area (Å²) in [5.41, 5.74) is -0.317. The molecule has 1 atom stereocenters. The maximum atomic E-state index is 12.2. The Balaban J connectivity index is 1.70. The van der Waals surface area contributed by atoms with Crippen molar-refractivity contribution in [3.05, 3.63) is 46.8 Å². The molecular weight excluding hydrogens is 374 g/mol. The molecule has 0 aliphatic carbocycles. The number of rotatable bonds is 5. The zero-order valence-electron chi connectivity index (χ0n) is 17.3. The van der Waals surface area contributed by atoms with Gasteiger partial charge in [-0.05, 0) is 45.9 Å². The molecule has 0 radical (unpaired) electrons. The molecular formula is C22H27NO6. The minimum atomic E-state index is -0.530. The van der Waals surface area contributed by atoms with Crippen molar-refractivity contribution in [1.29, 1.82) is 0 Å². The highest BCUT2D eigenvalue weighted by atomic mass is 16.6.